The van der Waals surface area contributed by atoms with Crippen LogP contribution < -0.4 is 19.5 Å². The average molecular weight is 308 g/mol. The molecule has 21 heavy (non-hydrogen) atoms. The lowest BCUT2D eigenvalue weighted by Gasteiger charge is -2.12. The molecule has 0 bridgehead atoms. The van der Waals surface area contributed by atoms with Gasteiger partial charge in [-0.3, -0.25) is 0 Å². The Hall–Kier alpha value is -2.07. The number of anilines is 1. The third-order valence-electron chi connectivity index (χ3n) is 3.10. The molecule has 1 N–H and O–H groups in total. The van der Waals surface area contributed by atoms with Crippen LogP contribution in [0.2, 0.25) is 5.02 Å². The maximum atomic E-state index is 6.16. The Morgan fingerprint density at radius 2 is 1.67 bits per heavy atom. The molecule has 2 rings (SSSR count). The Morgan fingerprint density at radius 3 is 2.33 bits per heavy atom. The standard InChI is InChI=1S/C16H18ClNO3/c1-19-12-5-6-13(17)14(9-12)18-10-11-4-7-15(20-2)16(8-11)21-3/h4-9,18H,10H2,1-3H3. The van der Waals surface area contributed by atoms with Crippen LogP contribution in [0.4, 0.5) is 5.69 Å². The Labute approximate surface area is 129 Å². The van der Waals surface area contributed by atoms with Crippen molar-refractivity contribution in [2.75, 3.05) is 26.6 Å². The van der Waals surface area contributed by atoms with E-state index in [4.69, 9.17) is 25.8 Å². The van der Waals surface area contributed by atoms with Gasteiger partial charge in [-0.2, -0.15) is 0 Å². The van der Waals surface area contributed by atoms with Crippen molar-refractivity contribution < 1.29 is 14.2 Å². The maximum absolute atomic E-state index is 6.16. The lowest BCUT2D eigenvalue weighted by molar-refractivity contribution is 0.354. The molecule has 112 valence electrons. The van der Waals surface area contributed by atoms with Gasteiger partial charge < -0.3 is 19.5 Å². The summed E-state index contributed by atoms with van der Waals surface area (Å²) < 4.78 is 15.7. The second-order valence-corrected chi connectivity index (χ2v) is 4.80. The van der Waals surface area contributed by atoms with Gasteiger partial charge in [-0.15, -0.1) is 0 Å². The van der Waals surface area contributed by atoms with Gasteiger partial charge in [0.15, 0.2) is 11.5 Å². The molecule has 0 aliphatic heterocycles. The molecule has 0 heterocycles. The second kappa shape index (κ2) is 7.09. The van der Waals surface area contributed by atoms with Crippen LogP contribution in [0.3, 0.4) is 0 Å². The summed E-state index contributed by atoms with van der Waals surface area (Å²) >= 11 is 6.16. The van der Waals surface area contributed by atoms with E-state index in [1.54, 1.807) is 27.4 Å². The molecule has 0 saturated heterocycles. The Morgan fingerprint density at radius 1 is 0.905 bits per heavy atom. The summed E-state index contributed by atoms with van der Waals surface area (Å²) in [4.78, 5) is 0. The summed E-state index contributed by atoms with van der Waals surface area (Å²) in [5, 5.41) is 3.93. The van der Waals surface area contributed by atoms with Crippen LogP contribution in [0, 0.1) is 0 Å². The zero-order valence-corrected chi connectivity index (χ0v) is 13.0. The van der Waals surface area contributed by atoms with Crippen molar-refractivity contribution in [1.82, 2.24) is 0 Å². The fraction of sp³-hybridized carbons (Fsp3) is 0.250. The minimum atomic E-state index is 0.618. The first-order chi connectivity index (χ1) is 10.2. The summed E-state index contributed by atoms with van der Waals surface area (Å²) in [6.07, 6.45) is 0. The van der Waals surface area contributed by atoms with Crippen LogP contribution in [-0.4, -0.2) is 21.3 Å². The maximum Gasteiger partial charge on any atom is 0.161 e. The Kier molecular flexibility index (Phi) is 5.17. The Bertz CT molecular complexity index is 616. The van der Waals surface area contributed by atoms with Crippen LogP contribution in [0.25, 0.3) is 0 Å². The van der Waals surface area contributed by atoms with Gasteiger partial charge in [-0.25, -0.2) is 0 Å². The van der Waals surface area contributed by atoms with Crippen LogP contribution in [0.1, 0.15) is 5.56 Å². The molecule has 0 spiro atoms. The van der Waals surface area contributed by atoms with Crippen LogP contribution >= 0.6 is 11.6 Å². The van der Waals surface area contributed by atoms with Gasteiger partial charge >= 0.3 is 0 Å². The highest BCUT2D eigenvalue weighted by molar-refractivity contribution is 6.33. The molecular formula is C16H18ClNO3. The monoisotopic (exact) mass is 307 g/mol. The normalized spacial score (nSPS) is 10.1. The van der Waals surface area contributed by atoms with Gasteiger partial charge in [-0.1, -0.05) is 17.7 Å². The van der Waals surface area contributed by atoms with Crippen LogP contribution in [0.15, 0.2) is 36.4 Å². The number of methoxy groups -OCH3 is 3. The second-order valence-electron chi connectivity index (χ2n) is 4.39. The van der Waals surface area contributed by atoms with Gasteiger partial charge in [0, 0.05) is 12.6 Å². The van der Waals surface area contributed by atoms with E-state index in [0.29, 0.717) is 23.1 Å². The van der Waals surface area contributed by atoms with E-state index < -0.39 is 0 Å². The summed E-state index contributed by atoms with van der Waals surface area (Å²) in [6, 6.07) is 11.3. The molecule has 0 amide bonds. The van der Waals surface area contributed by atoms with Crippen molar-refractivity contribution in [2.45, 2.75) is 6.54 Å². The highest BCUT2D eigenvalue weighted by Gasteiger charge is 2.06. The van der Waals surface area contributed by atoms with Crippen LogP contribution in [0.5, 0.6) is 17.2 Å². The van der Waals surface area contributed by atoms with E-state index in [1.165, 1.54) is 0 Å². The number of hydrogen-bond donors (Lipinski definition) is 1. The fourth-order valence-corrected chi connectivity index (χ4v) is 2.14. The molecular weight excluding hydrogens is 290 g/mol. The summed E-state index contributed by atoms with van der Waals surface area (Å²) in [6.45, 7) is 0.618. The first kappa shape index (κ1) is 15.3. The first-order valence-electron chi connectivity index (χ1n) is 6.46. The van der Waals surface area contributed by atoms with Gasteiger partial charge in [0.2, 0.25) is 0 Å². The third kappa shape index (κ3) is 3.73. The molecule has 0 saturated carbocycles. The zero-order chi connectivity index (χ0) is 15.2. The highest BCUT2D eigenvalue weighted by Crippen LogP contribution is 2.30. The molecule has 0 fully saturated rings. The van der Waals surface area contributed by atoms with Gasteiger partial charge in [0.05, 0.1) is 32.0 Å². The lowest BCUT2D eigenvalue weighted by Crippen LogP contribution is -2.01. The zero-order valence-electron chi connectivity index (χ0n) is 12.3. The topological polar surface area (TPSA) is 39.7 Å². The largest absolute Gasteiger partial charge is 0.497 e. The fourth-order valence-electron chi connectivity index (χ4n) is 1.95. The van der Waals surface area contributed by atoms with Crippen molar-refractivity contribution in [3.05, 3.63) is 47.0 Å². The highest BCUT2D eigenvalue weighted by atomic mass is 35.5. The van der Waals surface area contributed by atoms with Crippen molar-refractivity contribution in [2.24, 2.45) is 0 Å². The van der Waals surface area contributed by atoms with Gasteiger partial charge in [0.25, 0.3) is 0 Å². The van der Waals surface area contributed by atoms with Crippen molar-refractivity contribution in [3.8, 4) is 17.2 Å². The van der Waals surface area contributed by atoms with E-state index in [9.17, 15) is 0 Å². The Balaban J connectivity index is 2.13. The van der Waals surface area contributed by atoms with E-state index in [1.807, 2.05) is 30.3 Å². The molecule has 5 heteroatoms. The molecule has 0 aromatic heterocycles. The smallest absolute Gasteiger partial charge is 0.161 e. The molecule has 2 aromatic carbocycles. The quantitative estimate of drug-likeness (QED) is 0.876. The van der Waals surface area contributed by atoms with Crippen molar-refractivity contribution >= 4 is 17.3 Å². The number of ether oxygens (including phenoxy) is 3. The molecule has 0 unspecified atom stereocenters. The third-order valence-corrected chi connectivity index (χ3v) is 3.43. The molecule has 0 radical (unpaired) electrons. The van der Waals surface area contributed by atoms with Gasteiger partial charge in [-0.05, 0) is 29.8 Å². The number of hydrogen-bond acceptors (Lipinski definition) is 4. The number of halogens is 1. The summed E-state index contributed by atoms with van der Waals surface area (Å²) in [5.41, 5.74) is 1.89. The minimum absolute atomic E-state index is 0.618. The number of nitrogens with one attached hydrogen (secondary N) is 1. The minimum Gasteiger partial charge on any atom is -0.497 e. The number of benzene rings is 2. The molecule has 2 aromatic rings. The van der Waals surface area contributed by atoms with Crippen LogP contribution in [-0.2, 0) is 6.54 Å². The first-order valence-corrected chi connectivity index (χ1v) is 6.84. The number of rotatable bonds is 6. The van der Waals surface area contributed by atoms with Crippen molar-refractivity contribution in [1.29, 1.82) is 0 Å². The predicted octanol–water partition coefficient (Wildman–Crippen LogP) is 3.98. The predicted molar refractivity (Wildman–Crippen MR) is 84.9 cm³/mol. The molecule has 0 aliphatic carbocycles. The molecule has 4 nitrogen and oxygen atoms in total. The van der Waals surface area contributed by atoms with E-state index >= 15 is 0 Å². The summed E-state index contributed by atoms with van der Waals surface area (Å²) in [7, 11) is 4.86. The molecule has 0 aliphatic rings. The van der Waals surface area contributed by atoms with E-state index in [-0.39, 0.29) is 0 Å². The van der Waals surface area contributed by atoms with Gasteiger partial charge in [0.1, 0.15) is 5.75 Å². The molecule has 0 atom stereocenters. The van der Waals surface area contributed by atoms with E-state index in [2.05, 4.69) is 5.32 Å². The average Bonchev–Trinajstić information content (AvgIpc) is 2.53. The lowest BCUT2D eigenvalue weighted by atomic mass is 10.2. The SMILES string of the molecule is COc1ccc(Cl)c(NCc2ccc(OC)c(OC)c2)c1. The summed E-state index contributed by atoms with van der Waals surface area (Å²) in [5.74, 6) is 2.17. The van der Waals surface area contributed by atoms with Crippen molar-refractivity contribution in [3.63, 3.8) is 0 Å². The van der Waals surface area contributed by atoms with E-state index in [0.717, 1.165) is 17.0 Å².